The summed E-state index contributed by atoms with van der Waals surface area (Å²) >= 11 is 0. The van der Waals surface area contributed by atoms with Gasteiger partial charge in [-0.15, -0.1) is 0 Å². The van der Waals surface area contributed by atoms with Crippen molar-refractivity contribution in [3.63, 3.8) is 0 Å². The van der Waals surface area contributed by atoms with Crippen LogP contribution in [0.3, 0.4) is 0 Å². The number of para-hydroxylation sites is 1. The summed E-state index contributed by atoms with van der Waals surface area (Å²) in [5, 5.41) is 0. The van der Waals surface area contributed by atoms with Gasteiger partial charge in [-0.05, 0) is 25.0 Å². The van der Waals surface area contributed by atoms with Crippen molar-refractivity contribution < 1.29 is 22.7 Å². The number of nitrogens with zero attached hydrogens (tertiary/aromatic N) is 2. The number of carbonyl (C=O) groups excluding carboxylic acids is 1. The van der Waals surface area contributed by atoms with Crippen molar-refractivity contribution in [1.29, 1.82) is 0 Å². The van der Waals surface area contributed by atoms with E-state index < -0.39 is 15.8 Å². The van der Waals surface area contributed by atoms with E-state index in [1.165, 1.54) is 4.31 Å². The molecule has 0 saturated carbocycles. The summed E-state index contributed by atoms with van der Waals surface area (Å²) in [6, 6.07) is 5.58. The van der Waals surface area contributed by atoms with Crippen LogP contribution in [0.15, 0.2) is 18.2 Å². The normalized spacial score (nSPS) is 19.7. The highest BCUT2D eigenvalue weighted by Crippen LogP contribution is 2.32. The van der Waals surface area contributed by atoms with Gasteiger partial charge in [-0.2, -0.15) is 0 Å². The second-order valence-electron chi connectivity index (χ2n) is 7.00. The lowest BCUT2D eigenvalue weighted by atomic mass is 10.0. The third-order valence-corrected chi connectivity index (χ3v) is 6.17. The van der Waals surface area contributed by atoms with Gasteiger partial charge in [0, 0.05) is 25.9 Å². The number of amides is 1. The number of carbonyl (C=O) groups is 1. The number of piperidine rings is 1. The van der Waals surface area contributed by atoms with Crippen LogP contribution in [0.2, 0.25) is 0 Å². The molecule has 3 rings (SSSR count). The fourth-order valence-electron chi connectivity index (χ4n) is 3.67. The van der Waals surface area contributed by atoms with E-state index >= 15 is 0 Å². The molecule has 0 atom stereocenters. The molecule has 2 saturated heterocycles. The predicted molar refractivity (Wildman–Crippen MR) is 98.6 cm³/mol. The second-order valence-corrected chi connectivity index (χ2v) is 8.91. The molecule has 0 aliphatic carbocycles. The number of hydrogen-bond acceptors (Lipinski definition) is 5. The Kier molecular flexibility index (Phi) is 5.28. The summed E-state index contributed by atoms with van der Waals surface area (Å²) in [6.45, 7) is 5.69. The molecular formula is C18H26N2O5S. The fraction of sp³-hybridized carbons (Fsp3) is 0.611. The van der Waals surface area contributed by atoms with Gasteiger partial charge in [0.2, 0.25) is 15.9 Å². The highest BCUT2D eigenvalue weighted by atomic mass is 32.2. The first kappa shape index (κ1) is 19.1. The average Bonchev–Trinajstić information content (AvgIpc) is 3.01. The molecule has 0 aromatic heterocycles. The molecule has 0 unspecified atom stereocenters. The lowest BCUT2D eigenvalue weighted by Gasteiger charge is -2.38. The summed E-state index contributed by atoms with van der Waals surface area (Å²) in [4.78, 5) is 14.5. The second kappa shape index (κ2) is 7.17. The van der Waals surface area contributed by atoms with Gasteiger partial charge in [0.15, 0.2) is 5.79 Å². The summed E-state index contributed by atoms with van der Waals surface area (Å²) in [5.41, 5.74) is 2.24. The predicted octanol–water partition coefficient (Wildman–Crippen LogP) is 1.43. The van der Waals surface area contributed by atoms with E-state index in [0.717, 1.165) is 17.4 Å². The van der Waals surface area contributed by atoms with Crippen LogP contribution >= 0.6 is 0 Å². The maximum atomic E-state index is 12.8. The van der Waals surface area contributed by atoms with Gasteiger partial charge < -0.3 is 14.4 Å². The molecule has 1 spiro atoms. The van der Waals surface area contributed by atoms with E-state index in [1.807, 2.05) is 32.0 Å². The van der Waals surface area contributed by atoms with E-state index in [0.29, 0.717) is 44.8 Å². The summed E-state index contributed by atoms with van der Waals surface area (Å²) in [6.07, 6.45) is 2.36. The summed E-state index contributed by atoms with van der Waals surface area (Å²) < 4.78 is 37.3. The molecular weight excluding hydrogens is 356 g/mol. The van der Waals surface area contributed by atoms with Crippen molar-refractivity contribution in [2.45, 2.75) is 32.5 Å². The van der Waals surface area contributed by atoms with Gasteiger partial charge in [-0.3, -0.25) is 9.10 Å². The van der Waals surface area contributed by atoms with Gasteiger partial charge in [-0.1, -0.05) is 18.2 Å². The van der Waals surface area contributed by atoms with Crippen molar-refractivity contribution in [2.75, 3.05) is 43.4 Å². The average molecular weight is 382 g/mol. The number of benzene rings is 1. The SMILES string of the molecule is Cc1cccc(C)c1N(CC(=O)N1CCC2(CC1)OCCO2)S(C)(=O)=O. The Bertz CT molecular complexity index is 757. The van der Waals surface area contributed by atoms with Gasteiger partial charge in [0.05, 0.1) is 25.2 Å². The smallest absolute Gasteiger partial charge is 0.243 e. The zero-order chi connectivity index (χ0) is 18.9. The van der Waals surface area contributed by atoms with Crippen LogP contribution in [0.4, 0.5) is 5.69 Å². The molecule has 2 heterocycles. The van der Waals surface area contributed by atoms with Crippen LogP contribution < -0.4 is 4.31 Å². The molecule has 0 N–H and O–H groups in total. The highest BCUT2D eigenvalue weighted by Gasteiger charge is 2.41. The number of likely N-dealkylation sites (tertiary alicyclic amines) is 1. The standard InChI is InChI=1S/C18H26N2O5S/c1-14-5-4-6-15(2)17(14)20(26(3,22)23)13-16(21)19-9-7-18(8-10-19)24-11-12-25-18/h4-6H,7-13H2,1-3H3. The molecule has 0 bridgehead atoms. The van der Waals surface area contributed by atoms with Crippen molar-refractivity contribution in [1.82, 2.24) is 4.90 Å². The molecule has 1 aromatic carbocycles. The Morgan fingerprint density at radius 1 is 1.15 bits per heavy atom. The van der Waals surface area contributed by atoms with Gasteiger partial charge >= 0.3 is 0 Å². The maximum Gasteiger partial charge on any atom is 0.243 e. The minimum atomic E-state index is -3.58. The molecule has 8 heteroatoms. The van der Waals surface area contributed by atoms with Crippen molar-refractivity contribution >= 4 is 21.6 Å². The van der Waals surface area contributed by atoms with Crippen LogP contribution in [-0.4, -0.2) is 64.1 Å². The lowest BCUT2D eigenvalue weighted by molar-refractivity contribution is -0.187. The van der Waals surface area contributed by atoms with E-state index in [9.17, 15) is 13.2 Å². The minimum absolute atomic E-state index is 0.195. The monoisotopic (exact) mass is 382 g/mol. The van der Waals surface area contributed by atoms with Crippen molar-refractivity contribution in [2.24, 2.45) is 0 Å². The Hall–Kier alpha value is -1.64. The van der Waals surface area contributed by atoms with Crippen LogP contribution in [0.25, 0.3) is 0 Å². The van der Waals surface area contributed by atoms with Gasteiger partial charge in [0.25, 0.3) is 0 Å². The van der Waals surface area contributed by atoms with E-state index in [4.69, 9.17) is 9.47 Å². The quantitative estimate of drug-likeness (QED) is 0.788. The molecule has 1 aromatic rings. The van der Waals surface area contributed by atoms with Crippen molar-refractivity contribution in [3.05, 3.63) is 29.3 Å². The van der Waals surface area contributed by atoms with Crippen molar-refractivity contribution in [3.8, 4) is 0 Å². The number of ether oxygens (including phenoxy) is 2. The van der Waals surface area contributed by atoms with Gasteiger partial charge in [0.1, 0.15) is 6.54 Å². The minimum Gasteiger partial charge on any atom is -0.347 e. The number of aryl methyl sites for hydroxylation is 2. The summed E-state index contributed by atoms with van der Waals surface area (Å²) in [7, 11) is -3.58. The Balaban J connectivity index is 1.75. The van der Waals surface area contributed by atoms with E-state index in [1.54, 1.807) is 4.90 Å². The topological polar surface area (TPSA) is 76.2 Å². The molecule has 7 nitrogen and oxygen atoms in total. The highest BCUT2D eigenvalue weighted by molar-refractivity contribution is 7.92. The van der Waals surface area contributed by atoms with Gasteiger partial charge in [-0.25, -0.2) is 8.42 Å². The first-order valence-electron chi connectivity index (χ1n) is 8.81. The van der Waals surface area contributed by atoms with Crippen LogP contribution in [0.5, 0.6) is 0 Å². The van der Waals surface area contributed by atoms with E-state index in [-0.39, 0.29) is 12.5 Å². The maximum absolute atomic E-state index is 12.8. The molecule has 144 valence electrons. The Morgan fingerprint density at radius 3 is 2.19 bits per heavy atom. The van der Waals surface area contributed by atoms with Crippen LogP contribution in [0.1, 0.15) is 24.0 Å². The van der Waals surface area contributed by atoms with Crippen LogP contribution in [-0.2, 0) is 24.3 Å². The zero-order valence-electron chi connectivity index (χ0n) is 15.5. The molecule has 26 heavy (non-hydrogen) atoms. The number of sulfonamides is 1. The molecule has 2 aliphatic rings. The molecule has 1 amide bonds. The lowest BCUT2D eigenvalue weighted by Crippen LogP contribution is -2.50. The molecule has 2 fully saturated rings. The Labute approximate surface area is 154 Å². The number of anilines is 1. The third-order valence-electron chi connectivity index (χ3n) is 5.06. The first-order chi connectivity index (χ1) is 12.2. The Morgan fingerprint density at radius 2 is 1.69 bits per heavy atom. The van der Waals surface area contributed by atoms with Crippen LogP contribution in [0, 0.1) is 13.8 Å². The number of rotatable bonds is 4. The molecule has 2 aliphatic heterocycles. The molecule has 0 radical (unpaired) electrons. The fourth-order valence-corrected chi connectivity index (χ4v) is 4.63. The number of hydrogen-bond donors (Lipinski definition) is 0. The zero-order valence-corrected chi connectivity index (χ0v) is 16.3. The van der Waals surface area contributed by atoms with E-state index in [2.05, 4.69) is 0 Å². The largest absolute Gasteiger partial charge is 0.347 e. The first-order valence-corrected chi connectivity index (χ1v) is 10.7. The third kappa shape index (κ3) is 3.87. The summed E-state index contributed by atoms with van der Waals surface area (Å²) in [5.74, 6) is -0.758.